The summed E-state index contributed by atoms with van der Waals surface area (Å²) in [5, 5.41) is 0. The Morgan fingerprint density at radius 3 is 2.32 bits per heavy atom. The van der Waals surface area contributed by atoms with E-state index in [4.69, 9.17) is 9.47 Å². The summed E-state index contributed by atoms with van der Waals surface area (Å²) in [6, 6.07) is 7.32. The van der Waals surface area contributed by atoms with E-state index >= 15 is 0 Å². The van der Waals surface area contributed by atoms with Crippen LogP contribution < -0.4 is 4.74 Å². The second-order valence-electron chi connectivity index (χ2n) is 4.51. The van der Waals surface area contributed by atoms with Gasteiger partial charge in [0, 0.05) is 6.42 Å². The van der Waals surface area contributed by atoms with E-state index in [1.165, 1.54) is 0 Å². The van der Waals surface area contributed by atoms with Crippen molar-refractivity contribution in [2.45, 2.75) is 39.7 Å². The molecule has 1 aromatic rings. The molecular formula is C15H20O4. The van der Waals surface area contributed by atoms with E-state index in [2.05, 4.69) is 0 Å². The Morgan fingerprint density at radius 1 is 1.16 bits per heavy atom. The molecule has 0 N–H and O–H groups in total. The highest BCUT2D eigenvalue weighted by Crippen LogP contribution is 2.14. The number of Topliss-reactive ketones (excluding diaryl/α,β-unsaturated/α-hetero) is 1. The van der Waals surface area contributed by atoms with Crippen LogP contribution in [0.2, 0.25) is 0 Å². The fraction of sp³-hybridized carbons (Fsp3) is 0.467. The molecule has 0 heterocycles. The molecule has 0 aromatic heterocycles. The van der Waals surface area contributed by atoms with Gasteiger partial charge in [0.2, 0.25) is 0 Å². The molecule has 0 unspecified atom stereocenters. The summed E-state index contributed by atoms with van der Waals surface area (Å²) in [5.41, 5.74) is 0.866. The summed E-state index contributed by atoms with van der Waals surface area (Å²) >= 11 is 0. The van der Waals surface area contributed by atoms with E-state index in [1.54, 1.807) is 6.92 Å². The molecule has 4 heteroatoms. The SMILES string of the molecule is CCOC(=O)CC(=O)Cc1ccc(OC(C)C)cc1. The molecule has 19 heavy (non-hydrogen) atoms. The standard InChI is InChI=1S/C15H20O4/c1-4-18-15(17)10-13(16)9-12-5-7-14(8-6-12)19-11(2)3/h5-8,11H,4,9-10H2,1-3H3. The maximum absolute atomic E-state index is 11.6. The second-order valence-corrected chi connectivity index (χ2v) is 4.51. The van der Waals surface area contributed by atoms with E-state index in [0.717, 1.165) is 11.3 Å². The van der Waals surface area contributed by atoms with Gasteiger partial charge in [-0.1, -0.05) is 12.1 Å². The molecular weight excluding hydrogens is 244 g/mol. The Morgan fingerprint density at radius 2 is 1.79 bits per heavy atom. The van der Waals surface area contributed by atoms with Gasteiger partial charge in [-0.3, -0.25) is 9.59 Å². The maximum Gasteiger partial charge on any atom is 0.313 e. The Balaban J connectivity index is 2.48. The van der Waals surface area contributed by atoms with Crippen molar-refractivity contribution in [3.63, 3.8) is 0 Å². The van der Waals surface area contributed by atoms with Crippen molar-refractivity contribution in [2.75, 3.05) is 6.61 Å². The van der Waals surface area contributed by atoms with Crippen molar-refractivity contribution in [1.82, 2.24) is 0 Å². The second kappa shape index (κ2) is 7.56. The van der Waals surface area contributed by atoms with Crippen LogP contribution in [0.4, 0.5) is 0 Å². The topological polar surface area (TPSA) is 52.6 Å². The predicted octanol–water partition coefficient (Wildman–Crippen LogP) is 2.54. The highest BCUT2D eigenvalue weighted by molar-refractivity contribution is 5.96. The summed E-state index contributed by atoms with van der Waals surface area (Å²) in [6.07, 6.45) is 0.190. The third kappa shape index (κ3) is 6.04. The summed E-state index contributed by atoms with van der Waals surface area (Å²) < 4.78 is 10.2. The average Bonchev–Trinajstić information content (AvgIpc) is 2.31. The Hall–Kier alpha value is -1.84. The van der Waals surface area contributed by atoms with Crippen LogP contribution in [0.25, 0.3) is 0 Å². The molecule has 0 fully saturated rings. The molecule has 0 saturated heterocycles. The van der Waals surface area contributed by atoms with Gasteiger partial charge in [0.15, 0.2) is 0 Å². The van der Waals surface area contributed by atoms with E-state index in [0.29, 0.717) is 6.61 Å². The molecule has 0 bridgehead atoms. The van der Waals surface area contributed by atoms with Crippen LogP contribution in [0.5, 0.6) is 5.75 Å². The van der Waals surface area contributed by atoms with Crippen LogP contribution in [0.1, 0.15) is 32.8 Å². The Labute approximate surface area is 113 Å². The number of rotatable bonds is 7. The smallest absolute Gasteiger partial charge is 0.313 e. The average molecular weight is 264 g/mol. The quantitative estimate of drug-likeness (QED) is 0.561. The molecule has 0 atom stereocenters. The largest absolute Gasteiger partial charge is 0.491 e. The van der Waals surface area contributed by atoms with E-state index in [1.807, 2.05) is 38.1 Å². The normalized spacial score (nSPS) is 10.3. The lowest BCUT2D eigenvalue weighted by molar-refractivity contribution is -0.145. The van der Waals surface area contributed by atoms with Crippen LogP contribution in [0.3, 0.4) is 0 Å². The molecule has 0 saturated carbocycles. The van der Waals surface area contributed by atoms with Crippen LogP contribution >= 0.6 is 0 Å². The predicted molar refractivity (Wildman–Crippen MR) is 72.2 cm³/mol. The number of carbonyl (C=O) groups excluding carboxylic acids is 2. The minimum absolute atomic E-state index is 0.122. The van der Waals surface area contributed by atoms with Gasteiger partial charge in [-0.05, 0) is 38.5 Å². The molecule has 0 amide bonds. The van der Waals surface area contributed by atoms with Gasteiger partial charge in [-0.25, -0.2) is 0 Å². The number of ketones is 1. The summed E-state index contributed by atoms with van der Waals surface area (Å²) in [6.45, 7) is 5.93. The molecule has 1 aromatic carbocycles. The minimum atomic E-state index is -0.465. The summed E-state index contributed by atoms with van der Waals surface area (Å²) in [5.74, 6) is 0.167. The van der Waals surface area contributed by atoms with Crippen LogP contribution in [0, 0.1) is 0 Å². The lowest BCUT2D eigenvalue weighted by Gasteiger charge is -2.09. The van der Waals surface area contributed by atoms with Crippen molar-refractivity contribution < 1.29 is 19.1 Å². The first-order chi connectivity index (χ1) is 9.01. The minimum Gasteiger partial charge on any atom is -0.491 e. The Kier molecular flexibility index (Phi) is 6.06. The van der Waals surface area contributed by atoms with Crippen LogP contribution in [0.15, 0.2) is 24.3 Å². The van der Waals surface area contributed by atoms with Gasteiger partial charge < -0.3 is 9.47 Å². The zero-order valence-corrected chi connectivity index (χ0v) is 11.6. The van der Waals surface area contributed by atoms with E-state index in [-0.39, 0.29) is 24.7 Å². The Bertz CT molecular complexity index is 420. The number of hydrogen-bond donors (Lipinski definition) is 0. The fourth-order valence-corrected chi connectivity index (χ4v) is 1.62. The fourth-order valence-electron chi connectivity index (χ4n) is 1.62. The van der Waals surface area contributed by atoms with Crippen molar-refractivity contribution in [1.29, 1.82) is 0 Å². The molecule has 4 nitrogen and oxygen atoms in total. The highest BCUT2D eigenvalue weighted by Gasteiger charge is 2.11. The van der Waals surface area contributed by atoms with Gasteiger partial charge in [-0.15, -0.1) is 0 Å². The number of hydrogen-bond acceptors (Lipinski definition) is 4. The monoisotopic (exact) mass is 264 g/mol. The van der Waals surface area contributed by atoms with Crippen molar-refractivity contribution in [3.8, 4) is 5.75 Å². The molecule has 0 radical (unpaired) electrons. The van der Waals surface area contributed by atoms with Crippen LogP contribution in [-0.4, -0.2) is 24.5 Å². The third-order valence-electron chi connectivity index (χ3n) is 2.34. The maximum atomic E-state index is 11.6. The zero-order valence-electron chi connectivity index (χ0n) is 11.6. The highest BCUT2D eigenvalue weighted by atomic mass is 16.5. The zero-order chi connectivity index (χ0) is 14.3. The van der Waals surface area contributed by atoms with Gasteiger partial charge >= 0.3 is 5.97 Å². The first-order valence-electron chi connectivity index (χ1n) is 6.44. The first kappa shape index (κ1) is 15.2. The van der Waals surface area contributed by atoms with Gasteiger partial charge in [0.25, 0.3) is 0 Å². The summed E-state index contributed by atoms with van der Waals surface area (Å²) in [7, 11) is 0. The van der Waals surface area contributed by atoms with E-state index < -0.39 is 5.97 Å². The van der Waals surface area contributed by atoms with Gasteiger partial charge in [0.1, 0.15) is 18.0 Å². The molecule has 1 rings (SSSR count). The summed E-state index contributed by atoms with van der Waals surface area (Å²) in [4.78, 5) is 22.8. The molecule has 104 valence electrons. The van der Waals surface area contributed by atoms with Gasteiger partial charge in [-0.2, -0.15) is 0 Å². The van der Waals surface area contributed by atoms with Gasteiger partial charge in [0.05, 0.1) is 12.7 Å². The number of ether oxygens (including phenoxy) is 2. The molecule has 0 aliphatic heterocycles. The lowest BCUT2D eigenvalue weighted by Crippen LogP contribution is -2.13. The van der Waals surface area contributed by atoms with Crippen LogP contribution in [-0.2, 0) is 20.7 Å². The van der Waals surface area contributed by atoms with Crippen molar-refractivity contribution in [2.24, 2.45) is 0 Å². The number of benzene rings is 1. The third-order valence-corrected chi connectivity index (χ3v) is 2.34. The molecule has 0 spiro atoms. The van der Waals surface area contributed by atoms with Crippen molar-refractivity contribution >= 4 is 11.8 Å². The number of esters is 1. The number of carbonyl (C=O) groups is 2. The molecule has 0 aliphatic carbocycles. The lowest BCUT2D eigenvalue weighted by atomic mass is 10.1. The molecule has 0 aliphatic rings. The van der Waals surface area contributed by atoms with Crippen molar-refractivity contribution in [3.05, 3.63) is 29.8 Å². The first-order valence-corrected chi connectivity index (χ1v) is 6.44. The van der Waals surface area contributed by atoms with E-state index in [9.17, 15) is 9.59 Å².